The van der Waals surface area contributed by atoms with Crippen LogP contribution in [-0.2, 0) is 4.79 Å². The quantitative estimate of drug-likeness (QED) is 0.705. The van der Waals surface area contributed by atoms with Gasteiger partial charge in [-0.05, 0) is 31.5 Å². The highest BCUT2D eigenvalue weighted by Crippen LogP contribution is 2.28. The molecule has 2 aliphatic rings. The van der Waals surface area contributed by atoms with E-state index in [1.165, 1.54) is 12.1 Å². The predicted octanol–water partition coefficient (Wildman–Crippen LogP) is 2.13. The molecular formula is C18H27N3O2S. The predicted molar refractivity (Wildman–Crippen MR) is 99.9 cm³/mol. The Morgan fingerprint density at radius 1 is 1.08 bits per heavy atom. The van der Waals surface area contributed by atoms with E-state index in [9.17, 15) is 4.79 Å². The fraction of sp³-hybridized carbons (Fsp3) is 0.611. The van der Waals surface area contributed by atoms with E-state index in [1.807, 2.05) is 17.0 Å². The Bertz CT molecular complexity index is 547. The standard InChI is InChI=1S/C18H27N3O2S/c1-23-17-7-3-2-6-16(17)20-12-10-19(11-13-20)8-4-5-9-21-15-24-14-18(21)22/h2-3,6-7H,4-5,8-15H2,1H3. The van der Waals surface area contributed by atoms with Gasteiger partial charge in [-0.3, -0.25) is 9.69 Å². The van der Waals surface area contributed by atoms with Crippen molar-refractivity contribution < 1.29 is 9.53 Å². The smallest absolute Gasteiger partial charge is 0.233 e. The van der Waals surface area contributed by atoms with Crippen molar-refractivity contribution in [3.63, 3.8) is 0 Å². The Morgan fingerprint density at radius 2 is 1.83 bits per heavy atom. The monoisotopic (exact) mass is 349 g/mol. The lowest BCUT2D eigenvalue weighted by molar-refractivity contribution is -0.126. The molecule has 0 atom stereocenters. The molecule has 6 heteroatoms. The lowest BCUT2D eigenvalue weighted by Gasteiger charge is -2.36. The minimum Gasteiger partial charge on any atom is -0.495 e. The van der Waals surface area contributed by atoms with Gasteiger partial charge < -0.3 is 14.5 Å². The minimum atomic E-state index is 0.311. The Hall–Kier alpha value is -1.40. The van der Waals surface area contributed by atoms with Crippen LogP contribution in [0.4, 0.5) is 5.69 Å². The van der Waals surface area contributed by atoms with Gasteiger partial charge in [-0.25, -0.2) is 0 Å². The number of methoxy groups -OCH3 is 1. The second-order valence-electron chi connectivity index (χ2n) is 6.34. The average Bonchev–Trinajstić information content (AvgIpc) is 3.04. The lowest BCUT2D eigenvalue weighted by atomic mass is 10.2. The number of nitrogens with zero attached hydrogens (tertiary/aromatic N) is 3. The highest BCUT2D eigenvalue weighted by Gasteiger charge is 2.21. The number of thioether (sulfide) groups is 1. The maximum absolute atomic E-state index is 11.6. The van der Waals surface area contributed by atoms with E-state index >= 15 is 0 Å². The molecule has 1 amide bonds. The molecule has 2 aliphatic heterocycles. The molecule has 24 heavy (non-hydrogen) atoms. The van der Waals surface area contributed by atoms with Crippen molar-refractivity contribution in [3.8, 4) is 5.75 Å². The Balaban J connectivity index is 1.37. The first-order valence-corrected chi connectivity index (χ1v) is 9.89. The zero-order valence-electron chi connectivity index (χ0n) is 14.4. The van der Waals surface area contributed by atoms with Crippen LogP contribution in [0.1, 0.15) is 12.8 Å². The molecule has 0 radical (unpaired) electrons. The summed E-state index contributed by atoms with van der Waals surface area (Å²) in [4.78, 5) is 18.5. The topological polar surface area (TPSA) is 36.0 Å². The first-order valence-electron chi connectivity index (χ1n) is 8.74. The second-order valence-corrected chi connectivity index (χ2v) is 7.30. The normalized spacial score (nSPS) is 19.1. The van der Waals surface area contributed by atoms with Gasteiger partial charge in [-0.1, -0.05) is 12.1 Å². The first kappa shape index (κ1) is 17.4. The maximum atomic E-state index is 11.6. The van der Waals surface area contributed by atoms with Crippen LogP contribution in [0.2, 0.25) is 0 Å². The van der Waals surface area contributed by atoms with Crippen molar-refractivity contribution in [2.45, 2.75) is 12.8 Å². The molecular weight excluding hydrogens is 322 g/mol. The van der Waals surface area contributed by atoms with E-state index < -0.39 is 0 Å². The van der Waals surface area contributed by atoms with Gasteiger partial charge in [0.05, 0.1) is 24.4 Å². The highest BCUT2D eigenvalue weighted by atomic mass is 32.2. The van der Waals surface area contributed by atoms with E-state index in [2.05, 4.69) is 21.9 Å². The molecule has 5 nitrogen and oxygen atoms in total. The summed E-state index contributed by atoms with van der Waals surface area (Å²) >= 11 is 1.73. The third-order valence-electron chi connectivity index (χ3n) is 4.78. The number of carbonyl (C=O) groups excluding carboxylic acids is 1. The van der Waals surface area contributed by atoms with Crippen molar-refractivity contribution >= 4 is 23.4 Å². The third-order valence-corrected chi connectivity index (χ3v) is 5.72. The third kappa shape index (κ3) is 4.36. The zero-order chi connectivity index (χ0) is 16.8. The van der Waals surface area contributed by atoms with Crippen LogP contribution in [-0.4, -0.2) is 73.7 Å². The van der Waals surface area contributed by atoms with Crippen molar-refractivity contribution in [2.75, 3.05) is 62.9 Å². The van der Waals surface area contributed by atoms with Gasteiger partial charge in [-0.15, -0.1) is 11.8 Å². The van der Waals surface area contributed by atoms with E-state index in [0.717, 1.165) is 57.3 Å². The van der Waals surface area contributed by atoms with Gasteiger partial charge in [0.1, 0.15) is 5.75 Å². The summed E-state index contributed by atoms with van der Waals surface area (Å²) < 4.78 is 5.47. The number of hydrogen-bond acceptors (Lipinski definition) is 5. The Morgan fingerprint density at radius 3 is 2.54 bits per heavy atom. The van der Waals surface area contributed by atoms with Crippen LogP contribution in [0.3, 0.4) is 0 Å². The van der Waals surface area contributed by atoms with Crippen molar-refractivity contribution in [2.24, 2.45) is 0 Å². The Kier molecular flexibility index (Phi) is 6.26. The zero-order valence-corrected chi connectivity index (χ0v) is 15.3. The summed E-state index contributed by atoms with van der Waals surface area (Å²) in [5.41, 5.74) is 1.20. The number of rotatable bonds is 7. The van der Waals surface area contributed by atoms with E-state index in [0.29, 0.717) is 11.7 Å². The minimum absolute atomic E-state index is 0.311. The molecule has 0 aromatic heterocycles. The van der Waals surface area contributed by atoms with Crippen LogP contribution in [0.25, 0.3) is 0 Å². The number of benzene rings is 1. The number of hydrogen-bond donors (Lipinski definition) is 0. The molecule has 2 fully saturated rings. The van der Waals surface area contributed by atoms with Crippen molar-refractivity contribution in [1.82, 2.24) is 9.80 Å². The number of ether oxygens (including phenoxy) is 1. The van der Waals surface area contributed by atoms with E-state index in [-0.39, 0.29) is 0 Å². The van der Waals surface area contributed by atoms with E-state index in [1.54, 1.807) is 18.9 Å². The maximum Gasteiger partial charge on any atom is 0.233 e. The molecule has 132 valence electrons. The number of para-hydroxylation sites is 2. The fourth-order valence-electron chi connectivity index (χ4n) is 3.34. The number of carbonyl (C=O) groups is 1. The molecule has 1 aromatic rings. The summed E-state index contributed by atoms with van der Waals surface area (Å²) in [6.45, 7) is 6.33. The van der Waals surface area contributed by atoms with Gasteiger partial charge >= 0.3 is 0 Å². The fourth-order valence-corrected chi connectivity index (χ4v) is 4.28. The number of anilines is 1. The highest BCUT2D eigenvalue weighted by molar-refractivity contribution is 8.00. The SMILES string of the molecule is COc1ccccc1N1CCN(CCCCN2CSCC2=O)CC1. The van der Waals surface area contributed by atoms with Crippen LogP contribution in [0.5, 0.6) is 5.75 Å². The van der Waals surface area contributed by atoms with Gasteiger partial charge in [0, 0.05) is 32.7 Å². The molecule has 0 saturated carbocycles. The molecule has 0 spiro atoms. The van der Waals surface area contributed by atoms with Crippen LogP contribution in [0.15, 0.2) is 24.3 Å². The van der Waals surface area contributed by atoms with E-state index in [4.69, 9.17) is 4.74 Å². The molecule has 3 rings (SSSR count). The van der Waals surface area contributed by atoms with Crippen LogP contribution < -0.4 is 9.64 Å². The van der Waals surface area contributed by atoms with Gasteiger partial charge in [0.15, 0.2) is 0 Å². The van der Waals surface area contributed by atoms with Gasteiger partial charge in [0.25, 0.3) is 0 Å². The molecule has 0 bridgehead atoms. The number of unbranched alkanes of at least 4 members (excludes halogenated alkanes) is 1. The van der Waals surface area contributed by atoms with Crippen molar-refractivity contribution in [3.05, 3.63) is 24.3 Å². The summed E-state index contributed by atoms with van der Waals surface area (Å²) in [6.07, 6.45) is 2.28. The second kappa shape index (κ2) is 8.62. The van der Waals surface area contributed by atoms with Gasteiger partial charge in [-0.2, -0.15) is 0 Å². The first-order chi connectivity index (χ1) is 11.8. The Labute approximate surface area is 148 Å². The molecule has 2 heterocycles. The molecule has 2 saturated heterocycles. The summed E-state index contributed by atoms with van der Waals surface area (Å²) in [6, 6.07) is 8.25. The number of piperazine rings is 1. The molecule has 0 unspecified atom stereocenters. The van der Waals surface area contributed by atoms with Gasteiger partial charge in [0.2, 0.25) is 5.91 Å². The summed E-state index contributed by atoms with van der Waals surface area (Å²) in [7, 11) is 1.73. The lowest BCUT2D eigenvalue weighted by Crippen LogP contribution is -2.46. The van der Waals surface area contributed by atoms with Crippen LogP contribution >= 0.6 is 11.8 Å². The summed E-state index contributed by atoms with van der Waals surface area (Å²) in [5, 5.41) is 0. The summed E-state index contributed by atoms with van der Waals surface area (Å²) in [5.74, 6) is 2.82. The van der Waals surface area contributed by atoms with Crippen molar-refractivity contribution in [1.29, 1.82) is 0 Å². The largest absolute Gasteiger partial charge is 0.495 e. The molecule has 0 N–H and O–H groups in total. The molecule has 0 aliphatic carbocycles. The average molecular weight is 350 g/mol. The molecule has 1 aromatic carbocycles. The van der Waals surface area contributed by atoms with Crippen LogP contribution in [0, 0.1) is 0 Å². The number of amides is 1.